The number of carbonyl (C=O) groups is 1. The molecule has 0 atom stereocenters. The molecule has 0 fully saturated rings. The Bertz CT molecular complexity index is 1390. The van der Waals surface area contributed by atoms with Gasteiger partial charge in [0.1, 0.15) is 0 Å². The summed E-state index contributed by atoms with van der Waals surface area (Å²) in [6.45, 7) is 6.01. The number of aryl methyl sites for hydroxylation is 2. The normalized spacial score (nSPS) is 11.5. The van der Waals surface area contributed by atoms with Crippen LogP contribution in [0.3, 0.4) is 0 Å². The van der Waals surface area contributed by atoms with Gasteiger partial charge >= 0.3 is 5.69 Å². The Balaban J connectivity index is 1.98. The van der Waals surface area contributed by atoms with Gasteiger partial charge in [0.25, 0.3) is 11.5 Å². The zero-order valence-corrected chi connectivity index (χ0v) is 17.3. The van der Waals surface area contributed by atoms with E-state index in [1.807, 2.05) is 45.0 Å². The molecule has 0 aliphatic heterocycles. The van der Waals surface area contributed by atoms with E-state index in [9.17, 15) is 14.4 Å². The number of hydrogen-bond acceptors (Lipinski definition) is 4. The molecular formula is C22H23N5O3. The highest BCUT2D eigenvalue weighted by Gasteiger charge is 2.18. The molecule has 154 valence electrons. The van der Waals surface area contributed by atoms with E-state index in [2.05, 4.69) is 10.4 Å². The van der Waals surface area contributed by atoms with Crippen molar-refractivity contribution in [3.8, 4) is 0 Å². The van der Waals surface area contributed by atoms with E-state index in [0.717, 1.165) is 11.1 Å². The first-order chi connectivity index (χ1) is 14.3. The van der Waals surface area contributed by atoms with E-state index in [1.165, 1.54) is 20.7 Å². The lowest BCUT2D eigenvalue weighted by Crippen LogP contribution is -2.30. The van der Waals surface area contributed by atoms with Crippen LogP contribution < -0.4 is 16.6 Å². The van der Waals surface area contributed by atoms with Crippen molar-refractivity contribution < 1.29 is 4.79 Å². The molecule has 2 aromatic carbocycles. The van der Waals surface area contributed by atoms with Gasteiger partial charge < -0.3 is 5.32 Å². The number of rotatable bonds is 4. The average molecular weight is 405 g/mol. The van der Waals surface area contributed by atoms with Crippen LogP contribution in [0.5, 0.6) is 0 Å². The van der Waals surface area contributed by atoms with Crippen molar-refractivity contribution >= 4 is 22.6 Å². The molecule has 0 saturated carbocycles. The number of nitrogens with one attached hydrogen (secondary N) is 1. The first-order valence-corrected chi connectivity index (χ1v) is 9.75. The zero-order chi connectivity index (χ0) is 21.6. The Kier molecular flexibility index (Phi) is 4.77. The molecule has 4 rings (SSSR count). The van der Waals surface area contributed by atoms with Crippen molar-refractivity contribution in [1.29, 1.82) is 0 Å². The summed E-state index contributed by atoms with van der Waals surface area (Å²) in [7, 11) is 1.54. The first kappa shape index (κ1) is 19.6. The molecule has 8 heteroatoms. The van der Waals surface area contributed by atoms with Crippen LogP contribution in [-0.2, 0) is 13.6 Å². The Morgan fingerprint density at radius 2 is 1.80 bits per heavy atom. The number of hydrogen-bond donors (Lipinski definition) is 1. The van der Waals surface area contributed by atoms with E-state index in [1.54, 1.807) is 18.2 Å². The second-order valence-corrected chi connectivity index (χ2v) is 7.78. The molecule has 0 spiro atoms. The van der Waals surface area contributed by atoms with Gasteiger partial charge in [-0.1, -0.05) is 29.8 Å². The number of amides is 1. The van der Waals surface area contributed by atoms with Gasteiger partial charge in [-0.05, 0) is 44.5 Å². The molecule has 0 unspecified atom stereocenters. The number of aromatic nitrogens is 4. The molecule has 30 heavy (non-hydrogen) atoms. The van der Waals surface area contributed by atoms with Gasteiger partial charge in [0.2, 0.25) is 5.78 Å². The van der Waals surface area contributed by atoms with Crippen molar-refractivity contribution in [2.24, 2.45) is 7.05 Å². The summed E-state index contributed by atoms with van der Waals surface area (Å²) in [5, 5.41) is 7.47. The predicted octanol–water partition coefficient (Wildman–Crippen LogP) is 1.84. The highest BCUT2D eigenvalue weighted by molar-refractivity contribution is 5.98. The van der Waals surface area contributed by atoms with Crippen molar-refractivity contribution in [2.45, 2.75) is 33.4 Å². The Morgan fingerprint density at radius 1 is 1.10 bits per heavy atom. The van der Waals surface area contributed by atoms with Gasteiger partial charge in [-0.2, -0.15) is 0 Å². The lowest BCUT2D eigenvalue weighted by Gasteiger charge is -2.12. The van der Waals surface area contributed by atoms with Crippen LogP contribution in [0.4, 0.5) is 0 Å². The van der Waals surface area contributed by atoms with Crippen molar-refractivity contribution in [3.63, 3.8) is 0 Å². The summed E-state index contributed by atoms with van der Waals surface area (Å²) >= 11 is 0. The molecule has 0 bridgehead atoms. The predicted molar refractivity (Wildman–Crippen MR) is 115 cm³/mol. The van der Waals surface area contributed by atoms with Crippen LogP contribution >= 0.6 is 0 Å². The average Bonchev–Trinajstić information content (AvgIpc) is 3.00. The largest absolute Gasteiger partial charge is 0.351 e. The number of carbonyl (C=O) groups excluding carboxylic acids is 1. The summed E-state index contributed by atoms with van der Waals surface area (Å²) in [5.74, 6) is -0.0252. The highest BCUT2D eigenvalue weighted by atomic mass is 16.2. The topological polar surface area (TPSA) is 90.4 Å². The monoisotopic (exact) mass is 405 g/mol. The standard InChI is InChI=1S/C22H23N5O3/c1-13(2)23-19(28)16-9-10-17-18(11-16)27-21(24-25(4)22(27)30)26(20(17)29)12-15-7-5-14(3)6-8-15/h5-11,13H,12H2,1-4H3,(H,23,28). The van der Waals surface area contributed by atoms with Gasteiger partial charge in [0.15, 0.2) is 0 Å². The third kappa shape index (κ3) is 3.30. The van der Waals surface area contributed by atoms with Gasteiger partial charge in [0.05, 0.1) is 17.4 Å². The molecule has 0 saturated heterocycles. The third-order valence-corrected chi connectivity index (χ3v) is 5.01. The Morgan fingerprint density at radius 3 is 2.47 bits per heavy atom. The van der Waals surface area contributed by atoms with Crippen molar-refractivity contribution in [1.82, 2.24) is 24.1 Å². The summed E-state index contributed by atoms with van der Waals surface area (Å²) < 4.78 is 4.07. The van der Waals surface area contributed by atoms with Gasteiger partial charge in [-0.15, -0.1) is 5.10 Å². The number of benzene rings is 2. The quantitative estimate of drug-likeness (QED) is 0.561. The second kappa shape index (κ2) is 7.29. The molecule has 1 amide bonds. The van der Waals surface area contributed by atoms with E-state index in [4.69, 9.17) is 0 Å². The third-order valence-electron chi connectivity index (χ3n) is 5.01. The highest BCUT2D eigenvalue weighted by Crippen LogP contribution is 2.15. The minimum absolute atomic E-state index is 0.0307. The molecule has 8 nitrogen and oxygen atoms in total. The first-order valence-electron chi connectivity index (χ1n) is 9.75. The summed E-state index contributed by atoms with van der Waals surface area (Å²) in [6.07, 6.45) is 0. The van der Waals surface area contributed by atoms with E-state index in [-0.39, 0.29) is 35.5 Å². The number of fused-ring (bicyclic) bond motifs is 3. The molecular weight excluding hydrogens is 382 g/mol. The van der Waals surface area contributed by atoms with Gasteiger partial charge in [-0.3, -0.25) is 14.2 Å². The number of nitrogens with zero attached hydrogens (tertiary/aromatic N) is 4. The van der Waals surface area contributed by atoms with Crippen molar-refractivity contribution in [3.05, 3.63) is 80.0 Å². The maximum absolute atomic E-state index is 13.3. The van der Waals surface area contributed by atoms with Crippen LogP contribution in [0.2, 0.25) is 0 Å². The SMILES string of the molecule is Cc1ccc(Cn2c(=O)c3ccc(C(=O)NC(C)C)cc3n3c(=O)n(C)nc23)cc1. The van der Waals surface area contributed by atoms with E-state index in [0.29, 0.717) is 16.5 Å². The molecule has 0 radical (unpaired) electrons. The molecule has 4 aromatic rings. The Labute approximate surface area is 172 Å². The van der Waals surface area contributed by atoms with Crippen molar-refractivity contribution in [2.75, 3.05) is 0 Å². The lowest BCUT2D eigenvalue weighted by atomic mass is 10.1. The van der Waals surface area contributed by atoms with Crippen LogP contribution in [0, 0.1) is 6.92 Å². The summed E-state index contributed by atoms with van der Waals surface area (Å²) in [5.41, 5.74) is 2.15. The summed E-state index contributed by atoms with van der Waals surface area (Å²) in [4.78, 5) is 38.5. The summed E-state index contributed by atoms with van der Waals surface area (Å²) in [6, 6.07) is 12.6. The van der Waals surface area contributed by atoms with Crippen LogP contribution in [0.1, 0.15) is 35.3 Å². The maximum atomic E-state index is 13.3. The van der Waals surface area contributed by atoms with E-state index < -0.39 is 0 Å². The smallest absolute Gasteiger partial charge is 0.350 e. The van der Waals surface area contributed by atoms with Crippen LogP contribution in [0.25, 0.3) is 16.7 Å². The Hall–Kier alpha value is -3.68. The van der Waals surface area contributed by atoms with Gasteiger partial charge in [0, 0.05) is 18.7 Å². The lowest BCUT2D eigenvalue weighted by molar-refractivity contribution is 0.0943. The molecule has 2 heterocycles. The fourth-order valence-corrected chi connectivity index (χ4v) is 3.48. The molecule has 1 N–H and O–H groups in total. The molecule has 2 aromatic heterocycles. The van der Waals surface area contributed by atoms with Crippen LogP contribution in [-0.4, -0.2) is 30.7 Å². The fourth-order valence-electron chi connectivity index (χ4n) is 3.48. The van der Waals surface area contributed by atoms with Gasteiger partial charge in [-0.25, -0.2) is 13.9 Å². The molecule has 0 aliphatic rings. The molecule has 0 aliphatic carbocycles. The fraction of sp³-hybridized carbons (Fsp3) is 0.273. The minimum Gasteiger partial charge on any atom is -0.350 e. The van der Waals surface area contributed by atoms with Crippen LogP contribution in [0.15, 0.2) is 52.1 Å². The second-order valence-electron chi connectivity index (χ2n) is 7.78. The minimum atomic E-state index is -0.380. The maximum Gasteiger partial charge on any atom is 0.351 e. The van der Waals surface area contributed by atoms with E-state index >= 15 is 0 Å². The zero-order valence-electron chi connectivity index (χ0n) is 17.3.